The second kappa shape index (κ2) is 10.6. The smallest absolute Gasteiger partial charge is 0.323 e. The first kappa shape index (κ1) is 25.5. The zero-order chi connectivity index (χ0) is 25.9. The number of ether oxygens (including phenoxy) is 1. The van der Waals surface area contributed by atoms with Crippen molar-refractivity contribution in [2.45, 2.75) is 65.0 Å². The van der Waals surface area contributed by atoms with Crippen LogP contribution in [0.1, 0.15) is 71.3 Å². The summed E-state index contributed by atoms with van der Waals surface area (Å²) >= 11 is 0. The van der Waals surface area contributed by atoms with Gasteiger partial charge in [0.15, 0.2) is 0 Å². The molecule has 0 aromatic heterocycles. The largest absolute Gasteiger partial charge is 0.487 e. The highest BCUT2D eigenvalue weighted by atomic mass is 16.5. The number of amides is 1. The van der Waals surface area contributed by atoms with Crippen molar-refractivity contribution in [3.8, 4) is 5.75 Å². The third-order valence-corrected chi connectivity index (χ3v) is 6.92. The van der Waals surface area contributed by atoms with Crippen molar-refractivity contribution in [1.82, 2.24) is 4.90 Å². The first-order valence-corrected chi connectivity index (χ1v) is 12.6. The molecule has 3 aromatic carbocycles. The van der Waals surface area contributed by atoms with Gasteiger partial charge in [-0.3, -0.25) is 9.59 Å². The predicted octanol–water partition coefficient (Wildman–Crippen LogP) is 6.17. The van der Waals surface area contributed by atoms with Crippen molar-refractivity contribution in [2.24, 2.45) is 0 Å². The van der Waals surface area contributed by atoms with Crippen molar-refractivity contribution in [3.63, 3.8) is 0 Å². The molecule has 0 saturated heterocycles. The number of benzene rings is 3. The molecule has 5 heteroatoms. The lowest BCUT2D eigenvalue weighted by Crippen LogP contribution is -2.39. The van der Waals surface area contributed by atoms with Gasteiger partial charge >= 0.3 is 5.97 Å². The Balaban J connectivity index is 1.48. The van der Waals surface area contributed by atoms with Crippen molar-refractivity contribution in [2.75, 3.05) is 6.54 Å². The Bertz CT molecular complexity index is 1230. The minimum Gasteiger partial charge on any atom is -0.487 e. The van der Waals surface area contributed by atoms with E-state index in [-0.39, 0.29) is 24.6 Å². The first-order valence-electron chi connectivity index (χ1n) is 12.6. The zero-order valence-electron chi connectivity index (χ0n) is 21.6. The third kappa shape index (κ3) is 6.14. The lowest BCUT2D eigenvalue weighted by Gasteiger charge is -2.36. The maximum atomic E-state index is 13.3. The molecule has 0 spiro atoms. The number of carbonyl (C=O) groups excluding carboxylic acids is 1. The fourth-order valence-corrected chi connectivity index (χ4v) is 4.76. The van der Waals surface area contributed by atoms with Gasteiger partial charge in [0, 0.05) is 18.5 Å². The van der Waals surface area contributed by atoms with Crippen LogP contribution in [0, 0.1) is 6.92 Å². The molecule has 1 N–H and O–H groups in total. The Morgan fingerprint density at radius 2 is 1.67 bits per heavy atom. The summed E-state index contributed by atoms with van der Waals surface area (Å²) in [6.45, 7) is 8.41. The van der Waals surface area contributed by atoms with E-state index in [0.29, 0.717) is 11.5 Å². The third-order valence-electron chi connectivity index (χ3n) is 6.92. The van der Waals surface area contributed by atoms with Gasteiger partial charge in [-0.2, -0.15) is 0 Å². The molecule has 1 atom stereocenters. The topological polar surface area (TPSA) is 66.8 Å². The van der Waals surface area contributed by atoms with Crippen LogP contribution in [0.25, 0.3) is 0 Å². The molecular weight excluding hydrogens is 450 g/mol. The molecule has 1 heterocycles. The summed E-state index contributed by atoms with van der Waals surface area (Å²) in [5.74, 6) is -0.0246. The summed E-state index contributed by atoms with van der Waals surface area (Å²) in [7, 11) is 0. The van der Waals surface area contributed by atoms with E-state index >= 15 is 0 Å². The average molecular weight is 486 g/mol. The maximum Gasteiger partial charge on any atom is 0.323 e. The van der Waals surface area contributed by atoms with Gasteiger partial charge in [0.1, 0.15) is 17.9 Å². The Morgan fingerprint density at radius 3 is 2.31 bits per heavy atom. The van der Waals surface area contributed by atoms with Gasteiger partial charge in [-0.25, -0.2) is 0 Å². The normalized spacial score (nSPS) is 16.8. The van der Waals surface area contributed by atoms with Crippen molar-refractivity contribution in [1.29, 1.82) is 0 Å². The van der Waals surface area contributed by atoms with Gasteiger partial charge in [-0.05, 0) is 73.1 Å². The Labute approximate surface area is 213 Å². The minimum atomic E-state index is -1.03. The molecule has 0 aliphatic carbocycles. The SMILES string of the molecule is Cc1ccc(CN(CC(=O)O)C(=O)c2ccc3c(c2)CC[C@](C)(Cc2ccc(C(C)C)cc2)O3)cc1. The van der Waals surface area contributed by atoms with Crippen molar-refractivity contribution < 1.29 is 19.4 Å². The lowest BCUT2D eigenvalue weighted by molar-refractivity contribution is -0.137. The molecule has 188 valence electrons. The monoisotopic (exact) mass is 485 g/mol. The van der Waals surface area contributed by atoms with E-state index in [4.69, 9.17) is 4.74 Å². The van der Waals surface area contributed by atoms with E-state index in [0.717, 1.165) is 41.7 Å². The molecule has 0 radical (unpaired) electrons. The van der Waals surface area contributed by atoms with Gasteiger partial charge in [0.25, 0.3) is 5.91 Å². The molecule has 5 nitrogen and oxygen atoms in total. The molecule has 3 aromatic rings. The second-order valence-corrected chi connectivity index (χ2v) is 10.5. The number of hydrogen-bond donors (Lipinski definition) is 1. The number of nitrogens with zero attached hydrogens (tertiary/aromatic N) is 1. The van der Waals surface area contributed by atoms with Crippen molar-refractivity contribution >= 4 is 11.9 Å². The van der Waals surface area contributed by atoms with Crippen LogP contribution in [0.5, 0.6) is 5.75 Å². The Hall–Kier alpha value is -3.60. The molecule has 4 rings (SSSR count). The van der Waals surface area contributed by atoms with E-state index in [9.17, 15) is 14.7 Å². The number of carboxylic acids is 1. The quantitative estimate of drug-likeness (QED) is 0.414. The van der Waals surface area contributed by atoms with Gasteiger partial charge < -0.3 is 14.7 Å². The summed E-state index contributed by atoms with van der Waals surface area (Å²) in [6, 6.07) is 22.0. The number of fused-ring (bicyclic) bond motifs is 1. The molecule has 1 aliphatic rings. The first-order chi connectivity index (χ1) is 17.1. The number of carboxylic acid groups (broad SMARTS) is 1. The van der Waals surface area contributed by atoms with E-state index in [1.165, 1.54) is 16.0 Å². The fraction of sp³-hybridized carbons (Fsp3) is 0.355. The van der Waals surface area contributed by atoms with Crippen LogP contribution >= 0.6 is 0 Å². The summed E-state index contributed by atoms with van der Waals surface area (Å²) < 4.78 is 6.45. The summed E-state index contributed by atoms with van der Waals surface area (Å²) in [4.78, 5) is 26.2. The summed E-state index contributed by atoms with van der Waals surface area (Å²) in [5.41, 5.74) is 5.74. The van der Waals surface area contributed by atoms with Crippen molar-refractivity contribution in [3.05, 3.63) is 100 Å². The standard InChI is InChI=1S/C31H35NO4/c1-21(2)25-11-9-23(10-12-25)18-31(4)16-15-26-17-27(13-14-28(26)36-31)30(35)32(20-29(33)34)19-24-7-5-22(3)6-8-24/h5-14,17,21H,15-16,18-20H2,1-4H3,(H,33,34)/t31-/m1/s1. The van der Waals surface area contributed by atoms with Gasteiger partial charge in [0.2, 0.25) is 0 Å². The molecule has 1 aliphatic heterocycles. The van der Waals surface area contributed by atoms with Crippen LogP contribution in [0.15, 0.2) is 66.7 Å². The number of aryl methyl sites for hydroxylation is 2. The van der Waals surface area contributed by atoms with E-state index in [2.05, 4.69) is 45.0 Å². The second-order valence-electron chi connectivity index (χ2n) is 10.5. The molecule has 0 saturated carbocycles. The zero-order valence-corrected chi connectivity index (χ0v) is 21.6. The molecule has 36 heavy (non-hydrogen) atoms. The molecule has 1 amide bonds. The number of hydrogen-bond acceptors (Lipinski definition) is 3. The predicted molar refractivity (Wildman–Crippen MR) is 142 cm³/mol. The highest BCUT2D eigenvalue weighted by Gasteiger charge is 2.32. The summed E-state index contributed by atoms with van der Waals surface area (Å²) in [5, 5.41) is 9.40. The van der Waals surface area contributed by atoms with E-state index < -0.39 is 5.97 Å². The van der Waals surface area contributed by atoms with Crippen LogP contribution in [0.4, 0.5) is 0 Å². The summed E-state index contributed by atoms with van der Waals surface area (Å²) in [6.07, 6.45) is 2.45. The maximum absolute atomic E-state index is 13.3. The van der Waals surface area contributed by atoms with Gasteiger partial charge in [-0.1, -0.05) is 67.9 Å². The number of rotatable bonds is 8. The van der Waals surface area contributed by atoms with Crippen LogP contribution in [0.2, 0.25) is 0 Å². The highest BCUT2D eigenvalue weighted by Crippen LogP contribution is 2.36. The fourth-order valence-electron chi connectivity index (χ4n) is 4.76. The van der Waals surface area contributed by atoms with Crippen LogP contribution in [0.3, 0.4) is 0 Å². The van der Waals surface area contributed by atoms with Gasteiger partial charge in [-0.15, -0.1) is 0 Å². The minimum absolute atomic E-state index is 0.243. The van der Waals surface area contributed by atoms with Crippen LogP contribution in [-0.2, 0) is 24.2 Å². The average Bonchev–Trinajstić information content (AvgIpc) is 2.84. The highest BCUT2D eigenvalue weighted by molar-refractivity contribution is 5.96. The molecular formula is C31H35NO4. The lowest BCUT2D eigenvalue weighted by atomic mass is 9.86. The Morgan fingerprint density at radius 1 is 1.00 bits per heavy atom. The molecule has 0 fully saturated rings. The number of aliphatic carboxylic acids is 1. The Kier molecular flexibility index (Phi) is 7.48. The van der Waals surface area contributed by atoms with Gasteiger partial charge in [0.05, 0.1) is 0 Å². The molecule has 0 unspecified atom stereocenters. The van der Waals surface area contributed by atoms with Crippen LogP contribution in [-0.4, -0.2) is 34.0 Å². The van der Waals surface area contributed by atoms with Crippen LogP contribution < -0.4 is 4.74 Å². The van der Waals surface area contributed by atoms with E-state index in [1.807, 2.05) is 43.3 Å². The van der Waals surface area contributed by atoms with E-state index in [1.54, 1.807) is 6.07 Å². The number of carbonyl (C=O) groups is 2. The molecule has 0 bridgehead atoms.